The molecule has 0 saturated heterocycles. The number of phenols is 1. The van der Waals surface area contributed by atoms with E-state index in [4.69, 9.17) is 4.74 Å². The van der Waals surface area contributed by atoms with Crippen LogP contribution < -0.4 is 10.4 Å². The number of fused-ring (bicyclic) bond motifs is 1. The number of hydrogen-bond acceptors (Lipinski definition) is 5. The third kappa shape index (κ3) is 2.57. The number of halogens is 1. The zero-order chi connectivity index (χ0) is 18.3. The van der Waals surface area contributed by atoms with Crippen molar-refractivity contribution in [3.05, 3.63) is 65.0 Å². The van der Waals surface area contributed by atoms with Crippen molar-refractivity contribution in [3.8, 4) is 28.6 Å². The van der Waals surface area contributed by atoms with Gasteiger partial charge in [0.15, 0.2) is 17.3 Å². The Labute approximate surface area is 146 Å². The Balaban J connectivity index is 1.94. The second-order valence-electron chi connectivity index (χ2n) is 5.56. The van der Waals surface area contributed by atoms with Gasteiger partial charge in [0.25, 0.3) is 0 Å². The molecule has 130 valence electrons. The van der Waals surface area contributed by atoms with Crippen LogP contribution in [0.2, 0.25) is 0 Å². The van der Waals surface area contributed by atoms with E-state index in [9.17, 15) is 14.3 Å². The van der Waals surface area contributed by atoms with Crippen LogP contribution in [0.15, 0.2) is 53.5 Å². The van der Waals surface area contributed by atoms with Crippen LogP contribution in [0, 0.1) is 5.82 Å². The average molecular weight is 352 g/mol. The average Bonchev–Trinajstić information content (AvgIpc) is 2.96. The molecule has 0 aliphatic heterocycles. The molecule has 0 fully saturated rings. The Hall–Kier alpha value is -3.68. The molecule has 0 radical (unpaired) electrons. The van der Waals surface area contributed by atoms with Gasteiger partial charge in [0.1, 0.15) is 17.0 Å². The van der Waals surface area contributed by atoms with Gasteiger partial charge in [-0.05, 0) is 24.3 Å². The largest absolute Gasteiger partial charge is 0.508 e. The zero-order valence-corrected chi connectivity index (χ0v) is 13.6. The lowest BCUT2D eigenvalue weighted by atomic mass is 10.2. The summed E-state index contributed by atoms with van der Waals surface area (Å²) in [6.07, 6.45) is 1.45. The molecular weight excluding hydrogens is 339 g/mol. The summed E-state index contributed by atoms with van der Waals surface area (Å²) in [6, 6.07) is 10.6. The summed E-state index contributed by atoms with van der Waals surface area (Å²) in [5.74, 6) is 0.0907. The topological polar surface area (TPSA) is 93.0 Å². The molecule has 2 aromatic heterocycles. The van der Waals surface area contributed by atoms with Gasteiger partial charge in [0, 0.05) is 11.6 Å². The monoisotopic (exact) mass is 352 g/mol. The molecule has 0 saturated carbocycles. The fourth-order valence-corrected chi connectivity index (χ4v) is 2.70. The van der Waals surface area contributed by atoms with E-state index in [0.717, 1.165) is 4.57 Å². The highest BCUT2D eigenvalue weighted by Gasteiger charge is 2.16. The van der Waals surface area contributed by atoms with Gasteiger partial charge in [0.2, 0.25) is 0 Å². The third-order valence-electron chi connectivity index (χ3n) is 3.93. The molecule has 0 amide bonds. The normalized spacial score (nSPS) is 11.0. The molecule has 26 heavy (non-hydrogen) atoms. The standard InChI is InChI=1S/C18H13FN4O3/c1-26-12-5-6-15(13(19)8-12)23-17-14(21-18(23)25)9-20-16(22-17)10-3-2-4-11(24)7-10/h2-9,24H,1H3,(H,21,25). The van der Waals surface area contributed by atoms with Crippen molar-refractivity contribution < 1.29 is 14.2 Å². The second-order valence-corrected chi connectivity index (χ2v) is 5.56. The first-order valence-electron chi connectivity index (χ1n) is 7.68. The van der Waals surface area contributed by atoms with E-state index in [-0.39, 0.29) is 17.1 Å². The Kier molecular flexibility index (Phi) is 3.65. The van der Waals surface area contributed by atoms with Gasteiger partial charge in [-0.3, -0.25) is 0 Å². The number of aromatic amines is 1. The minimum atomic E-state index is -0.620. The summed E-state index contributed by atoms with van der Waals surface area (Å²) in [4.78, 5) is 23.5. The number of nitrogens with one attached hydrogen (secondary N) is 1. The Morgan fingerprint density at radius 1 is 1.23 bits per heavy atom. The Morgan fingerprint density at radius 3 is 2.81 bits per heavy atom. The van der Waals surface area contributed by atoms with Crippen molar-refractivity contribution >= 4 is 11.2 Å². The van der Waals surface area contributed by atoms with Gasteiger partial charge in [0.05, 0.1) is 19.0 Å². The van der Waals surface area contributed by atoms with Crippen molar-refractivity contribution in [2.24, 2.45) is 0 Å². The van der Waals surface area contributed by atoms with E-state index in [1.165, 1.54) is 37.6 Å². The lowest BCUT2D eigenvalue weighted by molar-refractivity contribution is 0.411. The summed E-state index contributed by atoms with van der Waals surface area (Å²) in [7, 11) is 1.43. The van der Waals surface area contributed by atoms with E-state index in [2.05, 4.69) is 15.0 Å². The van der Waals surface area contributed by atoms with Crippen molar-refractivity contribution in [2.45, 2.75) is 0 Å². The van der Waals surface area contributed by atoms with Crippen LogP contribution in [0.1, 0.15) is 0 Å². The highest BCUT2D eigenvalue weighted by molar-refractivity contribution is 5.75. The molecule has 4 rings (SSSR count). The molecule has 2 N–H and O–H groups in total. The quantitative estimate of drug-likeness (QED) is 0.591. The number of nitrogens with zero attached hydrogens (tertiary/aromatic N) is 3. The van der Waals surface area contributed by atoms with Gasteiger partial charge < -0.3 is 14.8 Å². The smallest absolute Gasteiger partial charge is 0.332 e. The number of ether oxygens (including phenoxy) is 1. The van der Waals surface area contributed by atoms with Crippen LogP contribution in [0.25, 0.3) is 28.2 Å². The highest BCUT2D eigenvalue weighted by Crippen LogP contribution is 2.24. The van der Waals surface area contributed by atoms with Gasteiger partial charge in [-0.15, -0.1) is 0 Å². The van der Waals surface area contributed by atoms with Crippen molar-refractivity contribution in [3.63, 3.8) is 0 Å². The Morgan fingerprint density at radius 2 is 2.08 bits per heavy atom. The number of aromatic nitrogens is 4. The zero-order valence-electron chi connectivity index (χ0n) is 13.6. The molecule has 0 spiro atoms. The molecule has 8 heteroatoms. The van der Waals surface area contributed by atoms with Crippen molar-refractivity contribution in [1.29, 1.82) is 0 Å². The van der Waals surface area contributed by atoms with Crippen molar-refractivity contribution in [2.75, 3.05) is 7.11 Å². The van der Waals surface area contributed by atoms with Gasteiger partial charge in [-0.2, -0.15) is 0 Å². The van der Waals surface area contributed by atoms with Gasteiger partial charge in [-0.1, -0.05) is 12.1 Å². The Bertz CT molecular complexity index is 1180. The van der Waals surface area contributed by atoms with E-state index in [0.29, 0.717) is 22.7 Å². The minimum absolute atomic E-state index is 0.0441. The first kappa shape index (κ1) is 15.8. The molecule has 7 nitrogen and oxygen atoms in total. The summed E-state index contributed by atoms with van der Waals surface area (Å²) in [6.45, 7) is 0. The minimum Gasteiger partial charge on any atom is -0.508 e. The van der Waals surface area contributed by atoms with Crippen LogP contribution in [-0.2, 0) is 0 Å². The van der Waals surface area contributed by atoms with Crippen LogP contribution in [0.5, 0.6) is 11.5 Å². The van der Waals surface area contributed by atoms with Crippen LogP contribution in [0.3, 0.4) is 0 Å². The third-order valence-corrected chi connectivity index (χ3v) is 3.93. The molecule has 0 aliphatic carbocycles. The molecule has 0 unspecified atom stereocenters. The van der Waals surface area contributed by atoms with E-state index in [1.807, 2.05) is 0 Å². The predicted molar refractivity (Wildman–Crippen MR) is 93.1 cm³/mol. The van der Waals surface area contributed by atoms with Crippen molar-refractivity contribution in [1.82, 2.24) is 19.5 Å². The van der Waals surface area contributed by atoms with Gasteiger partial charge >= 0.3 is 5.69 Å². The summed E-state index contributed by atoms with van der Waals surface area (Å²) < 4.78 is 20.6. The maximum absolute atomic E-state index is 14.5. The second kappa shape index (κ2) is 5.99. The molecular formula is C18H13FN4O3. The molecule has 0 aliphatic rings. The number of imidazole rings is 1. The molecule has 0 atom stereocenters. The predicted octanol–water partition coefficient (Wildman–Crippen LogP) is 2.63. The number of hydrogen-bond donors (Lipinski definition) is 2. The maximum Gasteiger partial charge on any atom is 0.332 e. The lowest BCUT2D eigenvalue weighted by Gasteiger charge is -2.07. The molecule has 2 aromatic carbocycles. The van der Waals surface area contributed by atoms with E-state index in [1.54, 1.807) is 18.2 Å². The first-order chi connectivity index (χ1) is 12.6. The van der Waals surface area contributed by atoms with Crippen LogP contribution in [-0.4, -0.2) is 31.7 Å². The maximum atomic E-state index is 14.5. The molecule has 2 heterocycles. The molecule has 0 bridgehead atoms. The molecule has 4 aromatic rings. The lowest BCUT2D eigenvalue weighted by Crippen LogP contribution is -2.16. The van der Waals surface area contributed by atoms with E-state index < -0.39 is 11.5 Å². The van der Waals surface area contributed by atoms with Crippen LogP contribution >= 0.6 is 0 Å². The number of phenolic OH excluding ortho intramolecular Hbond substituents is 1. The number of benzene rings is 2. The van der Waals surface area contributed by atoms with Gasteiger partial charge in [-0.25, -0.2) is 23.7 Å². The first-order valence-corrected chi connectivity index (χ1v) is 7.68. The SMILES string of the molecule is COc1ccc(-n2c(=O)[nH]c3cnc(-c4cccc(O)c4)nc32)c(F)c1. The number of methoxy groups -OCH3 is 1. The van der Waals surface area contributed by atoms with E-state index >= 15 is 0 Å². The fourth-order valence-electron chi connectivity index (χ4n) is 2.70. The summed E-state index contributed by atoms with van der Waals surface area (Å²) in [5, 5.41) is 9.63. The number of H-pyrrole nitrogens is 1. The number of aromatic hydroxyl groups is 1. The van der Waals surface area contributed by atoms with Crippen LogP contribution in [0.4, 0.5) is 4.39 Å². The summed E-state index contributed by atoms with van der Waals surface area (Å²) in [5.41, 5.74) is 0.679. The highest BCUT2D eigenvalue weighted by atomic mass is 19.1. The number of rotatable bonds is 3. The fraction of sp³-hybridized carbons (Fsp3) is 0.0556. The summed E-state index contributed by atoms with van der Waals surface area (Å²) >= 11 is 0.